The number of rotatable bonds is 5. The Morgan fingerprint density at radius 2 is 1.61 bits per heavy atom. The molecule has 0 unspecified atom stereocenters. The molecule has 4 heterocycles. The Labute approximate surface area is 268 Å². The summed E-state index contributed by atoms with van der Waals surface area (Å²) in [4.78, 5) is 58.3. The molecule has 7 rings (SSSR count). The van der Waals surface area contributed by atoms with Crippen molar-refractivity contribution in [2.75, 3.05) is 40.9 Å². The molecule has 4 aliphatic rings. The fourth-order valence-electron chi connectivity index (χ4n) is 6.91. The molecule has 2 aromatic carbocycles. The summed E-state index contributed by atoms with van der Waals surface area (Å²) in [6.45, 7) is 9.05. The molecule has 0 radical (unpaired) electrons. The largest absolute Gasteiger partial charge is 0.461 e. The van der Waals surface area contributed by atoms with E-state index in [1.807, 2.05) is 68.1 Å². The van der Waals surface area contributed by atoms with Crippen LogP contribution in [-0.4, -0.2) is 65.5 Å². The standard InChI is InChI=1S/C35H39N5O6/c1-5-45-32(43)29-28-30(40(36-29)25-13-14-26-22(20-25)15-19-38(26)33(44)46-34(2,3)4)31(42)39(21-35(28)16-17-35)24-11-9-23(10-12-24)37-18-7-6-8-27(37)41/h9-14,20H,5-8,15-19,21H2,1-4H3. The lowest BCUT2D eigenvalue weighted by molar-refractivity contribution is -0.119. The minimum atomic E-state index is -0.617. The maximum Gasteiger partial charge on any atom is 0.414 e. The normalized spacial score (nSPS) is 18.5. The third kappa shape index (κ3) is 5.11. The van der Waals surface area contributed by atoms with Gasteiger partial charge < -0.3 is 19.3 Å². The molecule has 0 N–H and O–H groups in total. The van der Waals surface area contributed by atoms with Crippen LogP contribution in [0.5, 0.6) is 0 Å². The third-order valence-electron chi connectivity index (χ3n) is 9.26. The van der Waals surface area contributed by atoms with Gasteiger partial charge in [0.2, 0.25) is 5.91 Å². The molecule has 240 valence electrons. The van der Waals surface area contributed by atoms with E-state index < -0.39 is 23.1 Å². The van der Waals surface area contributed by atoms with E-state index >= 15 is 0 Å². The number of piperidine rings is 1. The Balaban J connectivity index is 1.27. The molecule has 3 amide bonds. The lowest BCUT2D eigenvalue weighted by Gasteiger charge is -2.34. The van der Waals surface area contributed by atoms with Gasteiger partial charge in [-0.3, -0.25) is 14.5 Å². The van der Waals surface area contributed by atoms with E-state index in [0.717, 1.165) is 48.3 Å². The number of carbonyl (C=O) groups excluding carboxylic acids is 4. The third-order valence-corrected chi connectivity index (χ3v) is 9.26. The summed E-state index contributed by atoms with van der Waals surface area (Å²) in [5.41, 5.74) is 4.01. The molecule has 1 saturated carbocycles. The van der Waals surface area contributed by atoms with Crippen LogP contribution in [-0.2, 0) is 26.1 Å². The minimum Gasteiger partial charge on any atom is -0.461 e. The van der Waals surface area contributed by atoms with Crippen LogP contribution >= 0.6 is 0 Å². The van der Waals surface area contributed by atoms with Crippen LogP contribution in [0.25, 0.3) is 5.69 Å². The summed E-state index contributed by atoms with van der Waals surface area (Å²) in [6, 6.07) is 13.2. The molecule has 0 bridgehead atoms. The van der Waals surface area contributed by atoms with E-state index in [4.69, 9.17) is 14.6 Å². The van der Waals surface area contributed by atoms with Gasteiger partial charge in [0.25, 0.3) is 5.91 Å². The van der Waals surface area contributed by atoms with E-state index in [2.05, 4.69) is 0 Å². The highest BCUT2D eigenvalue weighted by Gasteiger charge is 2.56. The van der Waals surface area contributed by atoms with Crippen LogP contribution in [0, 0.1) is 0 Å². The Morgan fingerprint density at radius 3 is 2.26 bits per heavy atom. The molecule has 11 heteroatoms. The zero-order chi connectivity index (χ0) is 32.4. The summed E-state index contributed by atoms with van der Waals surface area (Å²) >= 11 is 0. The molecule has 2 fully saturated rings. The Bertz CT molecular complexity index is 1750. The highest BCUT2D eigenvalue weighted by Crippen LogP contribution is 2.54. The lowest BCUT2D eigenvalue weighted by atomic mass is 9.88. The predicted octanol–water partition coefficient (Wildman–Crippen LogP) is 5.56. The van der Waals surface area contributed by atoms with Crippen LogP contribution in [0.1, 0.15) is 91.9 Å². The highest BCUT2D eigenvalue weighted by atomic mass is 16.6. The number of hydrogen-bond donors (Lipinski definition) is 0. The van der Waals surface area contributed by atoms with Crippen molar-refractivity contribution in [1.29, 1.82) is 0 Å². The first kappa shape index (κ1) is 30.0. The molecule has 0 atom stereocenters. The summed E-state index contributed by atoms with van der Waals surface area (Å²) in [5, 5.41) is 4.75. The van der Waals surface area contributed by atoms with Crippen molar-refractivity contribution in [1.82, 2.24) is 9.78 Å². The number of hydrogen-bond acceptors (Lipinski definition) is 7. The van der Waals surface area contributed by atoms with Gasteiger partial charge in [-0.1, -0.05) is 0 Å². The van der Waals surface area contributed by atoms with Gasteiger partial charge in [-0.25, -0.2) is 14.3 Å². The van der Waals surface area contributed by atoms with Crippen LogP contribution in [0.3, 0.4) is 0 Å². The van der Waals surface area contributed by atoms with Crippen molar-refractivity contribution in [3.05, 3.63) is 65.0 Å². The molecule has 3 aromatic rings. The number of anilines is 3. The Morgan fingerprint density at radius 1 is 0.913 bits per heavy atom. The second-order valence-electron chi connectivity index (χ2n) is 13.6. The van der Waals surface area contributed by atoms with Crippen molar-refractivity contribution in [3.8, 4) is 5.69 Å². The summed E-state index contributed by atoms with van der Waals surface area (Å²) in [6.07, 6.45) is 4.27. The summed E-state index contributed by atoms with van der Waals surface area (Å²) in [7, 11) is 0. The van der Waals surface area contributed by atoms with Gasteiger partial charge in [-0.2, -0.15) is 5.10 Å². The number of carbonyl (C=O) groups is 4. The van der Waals surface area contributed by atoms with Crippen LogP contribution in [0.2, 0.25) is 0 Å². The molecule has 1 spiro atoms. The van der Waals surface area contributed by atoms with Crippen molar-refractivity contribution in [2.45, 2.75) is 77.2 Å². The van der Waals surface area contributed by atoms with Gasteiger partial charge in [0.05, 0.1) is 18.0 Å². The molecule has 46 heavy (non-hydrogen) atoms. The zero-order valence-electron chi connectivity index (χ0n) is 26.8. The molecule has 1 saturated heterocycles. The molecular formula is C35H39N5O6. The van der Waals surface area contributed by atoms with E-state index in [9.17, 15) is 19.2 Å². The number of benzene rings is 2. The first-order valence-corrected chi connectivity index (χ1v) is 16.2. The zero-order valence-corrected chi connectivity index (χ0v) is 26.8. The molecule has 3 aliphatic heterocycles. The fraction of sp³-hybridized carbons (Fsp3) is 0.457. The van der Waals surface area contributed by atoms with Crippen molar-refractivity contribution in [3.63, 3.8) is 0 Å². The van der Waals surface area contributed by atoms with Gasteiger partial charge in [-0.15, -0.1) is 0 Å². The fourth-order valence-corrected chi connectivity index (χ4v) is 6.91. The maximum absolute atomic E-state index is 14.4. The van der Waals surface area contributed by atoms with Crippen LogP contribution in [0.4, 0.5) is 21.9 Å². The molecule has 11 nitrogen and oxygen atoms in total. The van der Waals surface area contributed by atoms with Gasteiger partial charge in [-0.05, 0) is 108 Å². The average Bonchev–Trinajstić information content (AvgIpc) is 3.46. The van der Waals surface area contributed by atoms with E-state index in [-0.39, 0.29) is 24.1 Å². The lowest BCUT2D eigenvalue weighted by Crippen LogP contribution is -2.44. The van der Waals surface area contributed by atoms with Crippen LogP contribution < -0.4 is 14.7 Å². The Hall–Kier alpha value is -4.67. The topological polar surface area (TPSA) is 114 Å². The number of aromatic nitrogens is 2. The number of nitrogens with zero attached hydrogens (tertiary/aromatic N) is 5. The molecular weight excluding hydrogens is 586 g/mol. The minimum absolute atomic E-state index is 0.119. The SMILES string of the molecule is CCOC(=O)c1nn(-c2ccc3c(c2)CCN3C(=O)OC(C)(C)C)c2c1C1(CC1)CN(c1ccc(N3CCCCC3=O)cc1)C2=O. The summed E-state index contributed by atoms with van der Waals surface area (Å²) in [5.74, 6) is -0.681. The van der Waals surface area contributed by atoms with Crippen LogP contribution in [0.15, 0.2) is 42.5 Å². The van der Waals surface area contributed by atoms with Gasteiger partial charge >= 0.3 is 12.1 Å². The Kier molecular flexibility index (Phi) is 7.17. The number of fused-ring (bicyclic) bond motifs is 3. The highest BCUT2D eigenvalue weighted by molar-refractivity contribution is 6.10. The quantitative estimate of drug-likeness (QED) is 0.341. The number of amides is 3. The maximum atomic E-state index is 14.4. The summed E-state index contributed by atoms with van der Waals surface area (Å²) < 4.78 is 12.6. The van der Waals surface area contributed by atoms with Gasteiger partial charge in [0.15, 0.2) is 5.69 Å². The van der Waals surface area contributed by atoms with E-state index in [1.54, 1.807) is 21.4 Å². The van der Waals surface area contributed by atoms with E-state index in [1.165, 1.54) is 0 Å². The molecule has 1 aliphatic carbocycles. The molecule has 1 aromatic heterocycles. The van der Waals surface area contributed by atoms with Gasteiger partial charge in [0, 0.05) is 48.4 Å². The first-order valence-electron chi connectivity index (χ1n) is 16.2. The monoisotopic (exact) mass is 625 g/mol. The van der Waals surface area contributed by atoms with Crippen molar-refractivity contribution < 1.29 is 28.7 Å². The second-order valence-corrected chi connectivity index (χ2v) is 13.6. The smallest absolute Gasteiger partial charge is 0.414 e. The number of ether oxygens (including phenoxy) is 2. The predicted molar refractivity (Wildman–Crippen MR) is 172 cm³/mol. The first-order chi connectivity index (χ1) is 22.0. The van der Waals surface area contributed by atoms with Gasteiger partial charge in [0.1, 0.15) is 11.3 Å². The number of esters is 1. The van der Waals surface area contributed by atoms with E-state index in [0.29, 0.717) is 49.4 Å². The average molecular weight is 626 g/mol. The van der Waals surface area contributed by atoms with Crippen molar-refractivity contribution >= 4 is 40.9 Å². The van der Waals surface area contributed by atoms with Crippen molar-refractivity contribution in [2.24, 2.45) is 0 Å². The second kappa shape index (κ2) is 11.0.